The van der Waals surface area contributed by atoms with Gasteiger partial charge in [-0.15, -0.1) is 0 Å². The predicted molar refractivity (Wildman–Crippen MR) is 72.2 cm³/mol. The van der Waals surface area contributed by atoms with Crippen LogP contribution in [0.25, 0.3) is 0 Å². The molecule has 0 spiro atoms. The molecule has 0 aliphatic carbocycles. The molecule has 0 aliphatic rings. The maximum absolute atomic E-state index is 9.57. The summed E-state index contributed by atoms with van der Waals surface area (Å²) in [6.45, 7) is 7.95. The highest BCUT2D eigenvalue weighted by Crippen LogP contribution is 2.37. The summed E-state index contributed by atoms with van der Waals surface area (Å²) in [5, 5.41) is 10.3. The zero-order valence-electron chi connectivity index (χ0n) is 11.2. The van der Waals surface area contributed by atoms with E-state index < -0.39 is 6.10 Å². The van der Waals surface area contributed by atoms with Crippen LogP contribution in [0.15, 0.2) is 6.07 Å². The molecule has 1 unspecified atom stereocenters. The van der Waals surface area contributed by atoms with Gasteiger partial charge in [-0.3, -0.25) is 0 Å². The van der Waals surface area contributed by atoms with Gasteiger partial charge in [-0.25, -0.2) is 0 Å². The Hall–Kier alpha value is -0.730. The van der Waals surface area contributed by atoms with E-state index in [9.17, 15) is 5.11 Å². The third kappa shape index (κ3) is 3.14. The number of aliphatic hydroxyl groups excluding tert-OH is 1. The summed E-state index contributed by atoms with van der Waals surface area (Å²) in [5.74, 6) is 1.21. The Balaban J connectivity index is 3.42. The molecule has 1 aromatic carbocycles. The molecule has 1 rings (SSSR count). The molecule has 0 radical (unpaired) electrons. The summed E-state index contributed by atoms with van der Waals surface area (Å²) in [6.07, 6.45) is 0.163. The lowest BCUT2D eigenvalue weighted by Gasteiger charge is -2.20. The van der Waals surface area contributed by atoms with E-state index in [1.807, 2.05) is 13.0 Å². The normalized spacial score (nSPS) is 12.9. The first-order valence-electron chi connectivity index (χ1n) is 5.92. The third-order valence-electron chi connectivity index (χ3n) is 2.96. The molecule has 3 heteroatoms. The fraction of sp³-hybridized carbons (Fsp3) is 0.571. The van der Waals surface area contributed by atoms with Gasteiger partial charge in [0.25, 0.3) is 0 Å². The molecule has 0 saturated heterocycles. The maximum atomic E-state index is 9.57. The van der Waals surface area contributed by atoms with Crippen molar-refractivity contribution in [1.29, 1.82) is 0 Å². The average Bonchev–Trinajstić information content (AvgIpc) is 2.23. The molecule has 1 atom stereocenters. The Morgan fingerprint density at radius 1 is 1.35 bits per heavy atom. The second-order valence-electron chi connectivity index (χ2n) is 4.79. The third-order valence-corrected chi connectivity index (χ3v) is 3.35. The predicted octanol–water partition coefficient (Wildman–Crippen LogP) is 3.70. The van der Waals surface area contributed by atoms with Crippen molar-refractivity contribution >= 4 is 11.6 Å². The lowest BCUT2D eigenvalue weighted by molar-refractivity contribution is 0.194. The van der Waals surface area contributed by atoms with E-state index in [0.29, 0.717) is 12.3 Å². The molecular weight excluding hydrogens is 236 g/mol. The van der Waals surface area contributed by atoms with Gasteiger partial charge >= 0.3 is 0 Å². The average molecular weight is 257 g/mol. The van der Waals surface area contributed by atoms with Crippen molar-refractivity contribution in [3.05, 3.63) is 27.8 Å². The number of halogens is 1. The van der Waals surface area contributed by atoms with Gasteiger partial charge in [0.05, 0.1) is 13.2 Å². The zero-order valence-corrected chi connectivity index (χ0v) is 11.9. The Morgan fingerprint density at radius 2 is 1.94 bits per heavy atom. The van der Waals surface area contributed by atoms with E-state index in [1.165, 1.54) is 0 Å². The standard InChI is InChI=1S/C14H21ClO2/c1-8(2)11-7-13(15)10(4)12(6-9(3)16)14(11)17-5/h7-9,16H,6H2,1-5H3. The van der Waals surface area contributed by atoms with Crippen LogP contribution in [0.3, 0.4) is 0 Å². The van der Waals surface area contributed by atoms with Crippen LogP contribution < -0.4 is 4.74 Å². The van der Waals surface area contributed by atoms with Gasteiger partial charge in [-0.05, 0) is 37.0 Å². The van der Waals surface area contributed by atoms with Crippen molar-refractivity contribution in [2.45, 2.75) is 46.1 Å². The Morgan fingerprint density at radius 3 is 2.35 bits per heavy atom. The van der Waals surface area contributed by atoms with E-state index >= 15 is 0 Å². The SMILES string of the molecule is COc1c(C(C)C)cc(Cl)c(C)c1CC(C)O. The van der Waals surface area contributed by atoms with Crippen LogP contribution in [0.4, 0.5) is 0 Å². The van der Waals surface area contributed by atoms with Crippen molar-refractivity contribution in [1.82, 2.24) is 0 Å². The Labute approximate surface area is 109 Å². The minimum Gasteiger partial charge on any atom is -0.496 e. The lowest BCUT2D eigenvalue weighted by atomic mass is 9.93. The highest BCUT2D eigenvalue weighted by molar-refractivity contribution is 6.31. The highest BCUT2D eigenvalue weighted by Gasteiger charge is 2.18. The van der Waals surface area contributed by atoms with Crippen molar-refractivity contribution < 1.29 is 9.84 Å². The Bertz CT molecular complexity index is 398. The fourth-order valence-electron chi connectivity index (χ4n) is 2.01. The molecule has 0 aromatic heterocycles. The van der Waals surface area contributed by atoms with Gasteiger partial charge in [-0.2, -0.15) is 0 Å². The second kappa shape index (κ2) is 5.74. The minimum absolute atomic E-state index is 0.343. The van der Waals surface area contributed by atoms with E-state index in [1.54, 1.807) is 14.0 Å². The van der Waals surface area contributed by atoms with Crippen LogP contribution in [0, 0.1) is 6.92 Å². The molecule has 0 bridgehead atoms. The first kappa shape index (κ1) is 14.3. The van der Waals surface area contributed by atoms with Gasteiger partial charge in [0.1, 0.15) is 5.75 Å². The number of aliphatic hydroxyl groups is 1. The summed E-state index contributed by atoms with van der Waals surface area (Å²) in [6, 6.07) is 1.96. The summed E-state index contributed by atoms with van der Waals surface area (Å²) in [7, 11) is 1.67. The quantitative estimate of drug-likeness (QED) is 0.890. The molecule has 0 saturated carbocycles. The van der Waals surface area contributed by atoms with Crippen LogP contribution in [0.1, 0.15) is 43.4 Å². The minimum atomic E-state index is -0.402. The van der Waals surface area contributed by atoms with Crippen molar-refractivity contribution in [3.63, 3.8) is 0 Å². The van der Waals surface area contributed by atoms with Crippen molar-refractivity contribution in [2.75, 3.05) is 7.11 Å². The van der Waals surface area contributed by atoms with Crippen LogP contribution in [0.5, 0.6) is 5.75 Å². The maximum Gasteiger partial charge on any atom is 0.125 e. The first-order valence-corrected chi connectivity index (χ1v) is 6.30. The monoisotopic (exact) mass is 256 g/mol. The van der Waals surface area contributed by atoms with Gasteiger partial charge in [0, 0.05) is 17.0 Å². The summed E-state index contributed by atoms with van der Waals surface area (Å²) >= 11 is 6.24. The van der Waals surface area contributed by atoms with E-state index in [2.05, 4.69) is 13.8 Å². The zero-order chi connectivity index (χ0) is 13.2. The molecule has 2 nitrogen and oxygen atoms in total. The number of methoxy groups -OCH3 is 1. The second-order valence-corrected chi connectivity index (χ2v) is 5.20. The van der Waals surface area contributed by atoms with Gasteiger partial charge in [-0.1, -0.05) is 25.4 Å². The number of hydrogen-bond acceptors (Lipinski definition) is 2. The van der Waals surface area contributed by atoms with E-state index in [4.69, 9.17) is 16.3 Å². The number of hydrogen-bond donors (Lipinski definition) is 1. The van der Waals surface area contributed by atoms with Crippen LogP contribution in [0.2, 0.25) is 5.02 Å². The summed E-state index contributed by atoms with van der Waals surface area (Å²) in [5.41, 5.74) is 3.10. The lowest BCUT2D eigenvalue weighted by Crippen LogP contribution is -2.10. The van der Waals surface area contributed by atoms with Crippen molar-refractivity contribution in [2.24, 2.45) is 0 Å². The van der Waals surface area contributed by atoms with Crippen LogP contribution in [-0.2, 0) is 6.42 Å². The number of ether oxygens (including phenoxy) is 1. The molecule has 0 amide bonds. The highest BCUT2D eigenvalue weighted by atomic mass is 35.5. The van der Waals surface area contributed by atoms with Crippen molar-refractivity contribution in [3.8, 4) is 5.75 Å². The molecule has 0 fully saturated rings. The number of rotatable bonds is 4. The molecular formula is C14H21ClO2. The van der Waals surface area contributed by atoms with E-state index in [0.717, 1.165) is 27.5 Å². The Kier molecular flexibility index (Phi) is 4.84. The molecule has 17 heavy (non-hydrogen) atoms. The summed E-state index contributed by atoms with van der Waals surface area (Å²) in [4.78, 5) is 0. The first-order chi connectivity index (χ1) is 7.88. The largest absolute Gasteiger partial charge is 0.496 e. The fourth-order valence-corrected chi connectivity index (χ4v) is 2.24. The van der Waals surface area contributed by atoms with Crippen LogP contribution in [-0.4, -0.2) is 18.3 Å². The molecule has 96 valence electrons. The van der Waals surface area contributed by atoms with E-state index in [-0.39, 0.29) is 0 Å². The van der Waals surface area contributed by atoms with Crippen LogP contribution >= 0.6 is 11.6 Å². The van der Waals surface area contributed by atoms with Gasteiger partial charge < -0.3 is 9.84 Å². The molecule has 0 aliphatic heterocycles. The number of benzene rings is 1. The van der Waals surface area contributed by atoms with Gasteiger partial charge in [0.15, 0.2) is 0 Å². The topological polar surface area (TPSA) is 29.5 Å². The van der Waals surface area contributed by atoms with Gasteiger partial charge in [0.2, 0.25) is 0 Å². The molecule has 0 heterocycles. The molecule has 1 N–H and O–H groups in total. The molecule has 1 aromatic rings. The summed E-state index contributed by atoms with van der Waals surface area (Å²) < 4.78 is 5.50. The smallest absolute Gasteiger partial charge is 0.125 e.